The van der Waals surface area contributed by atoms with Crippen LogP contribution in [0.1, 0.15) is 5.69 Å². The van der Waals surface area contributed by atoms with Crippen LogP contribution < -0.4 is 10.1 Å². The van der Waals surface area contributed by atoms with Crippen LogP contribution in [0, 0.1) is 0 Å². The Balaban J connectivity index is 1.36. The summed E-state index contributed by atoms with van der Waals surface area (Å²) in [4.78, 5) is 0. The highest BCUT2D eigenvalue weighted by Gasteiger charge is 2.08. The summed E-state index contributed by atoms with van der Waals surface area (Å²) in [5.74, 6) is 1.54. The molecule has 4 aromatic rings. The lowest BCUT2D eigenvalue weighted by atomic mass is 10.3. The van der Waals surface area contributed by atoms with Crippen LogP contribution in [0.15, 0.2) is 71.2 Å². The fourth-order valence-electron chi connectivity index (χ4n) is 2.44. The molecular formula is C19H17N5OS2. The van der Waals surface area contributed by atoms with Gasteiger partial charge in [-0.3, -0.25) is 0 Å². The topological polar surface area (TPSA) is 64.9 Å². The van der Waals surface area contributed by atoms with Crippen molar-refractivity contribution < 1.29 is 4.74 Å². The summed E-state index contributed by atoms with van der Waals surface area (Å²) in [7, 11) is 1.65. The third kappa shape index (κ3) is 4.47. The first-order chi connectivity index (χ1) is 13.3. The number of thioether (sulfide) groups is 1. The number of nitrogens with zero attached hydrogens (tertiary/aromatic N) is 4. The maximum absolute atomic E-state index is 5.23. The van der Waals surface area contributed by atoms with E-state index in [0.29, 0.717) is 0 Å². The molecule has 0 aliphatic heterocycles. The molecule has 0 saturated heterocycles. The number of methoxy groups -OCH3 is 1. The van der Waals surface area contributed by atoms with Crippen LogP contribution in [0.5, 0.6) is 5.75 Å². The zero-order chi connectivity index (χ0) is 18.5. The monoisotopic (exact) mass is 395 g/mol. The van der Waals surface area contributed by atoms with Crippen molar-refractivity contribution in [2.45, 2.75) is 10.1 Å². The Morgan fingerprint density at radius 3 is 2.81 bits per heavy atom. The highest BCUT2D eigenvalue weighted by molar-refractivity contribution is 8.00. The Hall–Kier alpha value is -2.84. The molecule has 0 spiro atoms. The average Bonchev–Trinajstić information content (AvgIpc) is 3.37. The van der Waals surface area contributed by atoms with Gasteiger partial charge in [0.1, 0.15) is 5.75 Å². The van der Waals surface area contributed by atoms with Crippen molar-refractivity contribution in [1.82, 2.24) is 20.0 Å². The van der Waals surface area contributed by atoms with E-state index in [4.69, 9.17) is 4.74 Å². The van der Waals surface area contributed by atoms with Gasteiger partial charge in [-0.25, -0.2) is 4.68 Å². The number of benzene rings is 2. The maximum Gasteiger partial charge on any atom is 0.210 e. The summed E-state index contributed by atoms with van der Waals surface area (Å²) in [6, 6.07) is 19.8. The van der Waals surface area contributed by atoms with Gasteiger partial charge in [-0.2, -0.15) is 5.10 Å². The van der Waals surface area contributed by atoms with Crippen molar-refractivity contribution in [2.75, 3.05) is 12.4 Å². The molecule has 2 aromatic carbocycles. The minimum Gasteiger partial charge on any atom is -0.497 e. The van der Waals surface area contributed by atoms with E-state index in [0.717, 1.165) is 38.0 Å². The number of nitrogens with one attached hydrogen (secondary N) is 1. The number of anilines is 2. The SMILES string of the molecule is COc1cccc(Nc2nnc(SCc3ccn(-c4ccccc4)n3)s2)c1. The van der Waals surface area contributed by atoms with Gasteiger partial charge in [0.2, 0.25) is 5.13 Å². The molecule has 8 heteroatoms. The molecule has 0 amide bonds. The van der Waals surface area contributed by atoms with Crippen molar-refractivity contribution in [3.05, 3.63) is 72.6 Å². The van der Waals surface area contributed by atoms with Crippen LogP contribution >= 0.6 is 23.1 Å². The normalized spacial score (nSPS) is 10.7. The van der Waals surface area contributed by atoms with Crippen molar-refractivity contribution in [2.24, 2.45) is 0 Å². The van der Waals surface area contributed by atoms with Crippen molar-refractivity contribution >= 4 is 33.9 Å². The molecule has 0 atom stereocenters. The van der Waals surface area contributed by atoms with E-state index in [1.54, 1.807) is 18.9 Å². The summed E-state index contributed by atoms with van der Waals surface area (Å²) in [5, 5.41) is 17.1. The first-order valence-corrected chi connectivity index (χ1v) is 10.1. The predicted molar refractivity (Wildman–Crippen MR) is 109 cm³/mol. The Bertz CT molecular complexity index is 1020. The van der Waals surface area contributed by atoms with E-state index in [9.17, 15) is 0 Å². The minimum atomic E-state index is 0.744. The molecule has 2 aromatic heterocycles. The smallest absolute Gasteiger partial charge is 0.210 e. The van der Waals surface area contributed by atoms with Crippen LogP contribution in [0.4, 0.5) is 10.8 Å². The Morgan fingerprint density at radius 1 is 1.07 bits per heavy atom. The molecule has 27 heavy (non-hydrogen) atoms. The molecule has 0 bridgehead atoms. The van der Waals surface area contributed by atoms with E-state index in [2.05, 4.69) is 20.6 Å². The number of hydrogen-bond donors (Lipinski definition) is 1. The second-order valence-electron chi connectivity index (χ2n) is 5.61. The molecular weight excluding hydrogens is 378 g/mol. The lowest BCUT2D eigenvalue weighted by molar-refractivity contribution is 0.415. The average molecular weight is 396 g/mol. The van der Waals surface area contributed by atoms with Crippen LogP contribution in [0.25, 0.3) is 5.69 Å². The first kappa shape index (κ1) is 17.6. The number of aromatic nitrogens is 4. The van der Waals surface area contributed by atoms with Gasteiger partial charge in [0.25, 0.3) is 0 Å². The van der Waals surface area contributed by atoms with Gasteiger partial charge in [0.05, 0.1) is 18.5 Å². The van der Waals surface area contributed by atoms with E-state index < -0.39 is 0 Å². The van der Waals surface area contributed by atoms with E-state index in [-0.39, 0.29) is 0 Å². The van der Waals surface area contributed by atoms with Gasteiger partial charge in [-0.05, 0) is 30.3 Å². The van der Waals surface area contributed by atoms with Crippen LogP contribution in [0.2, 0.25) is 0 Å². The highest BCUT2D eigenvalue weighted by Crippen LogP contribution is 2.30. The molecule has 2 heterocycles. The molecule has 0 unspecified atom stereocenters. The summed E-state index contributed by atoms with van der Waals surface area (Å²) >= 11 is 3.14. The van der Waals surface area contributed by atoms with Gasteiger partial charge >= 0.3 is 0 Å². The Labute approximate surface area is 165 Å². The third-order valence-corrected chi connectivity index (χ3v) is 5.74. The number of rotatable bonds is 7. The molecule has 6 nitrogen and oxygen atoms in total. The second-order valence-corrected chi connectivity index (χ2v) is 7.81. The van der Waals surface area contributed by atoms with Gasteiger partial charge in [0, 0.05) is 23.7 Å². The molecule has 1 N–H and O–H groups in total. The third-order valence-electron chi connectivity index (χ3n) is 3.74. The van der Waals surface area contributed by atoms with Gasteiger partial charge in [-0.1, -0.05) is 47.4 Å². The number of hydrogen-bond acceptors (Lipinski definition) is 7. The molecule has 4 rings (SSSR count). The maximum atomic E-state index is 5.23. The van der Waals surface area contributed by atoms with E-state index in [1.807, 2.05) is 71.5 Å². The quantitative estimate of drug-likeness (QED) is 0.455. The Kier molecular flexibility index (Phi) is 5.36. The van der Waals surface area contributed by atoms with Crippen LogP contribution in [-0.2, 0) is 5.75 Å². The Morgan fingerprint density at radius 2 is 1.96 bits per heavy atom. The highest BCUT2D eigenvalue weighted by atomic mass is 32.2. The fraction of sp³-hybridized carbons (Fsp3) is 0.105. The summed E-state index contributed by atoms with van der Waals surface area (Å²) in [6.45, 7) is 0. The first-order valence-electron chi connectivity index (χ1n) is 8.27. The van der Waals surface area contributed by atoms with Crippen LogP contribution in [-0.4, -0.2) is 27.1 Å². The van der Waals surface area contributed by atoms with E-state index in [1.165, 1.54) is 11.3 Å². The molecule has 0 aliphatic rings. The van der Waals surface area contributed by atoms with Gasteiger partial charge in [0.15, 0.2) is 4.34 Å². The molecule has 0 saturated carbocycles. The van der Waals surface area contributed by atoms with Crippen molar-refractivity contribution in [3.63, 3.8) is 0 Å². The largest absolute Gasteiger partial charge is 0.497 e. The van der Waals surface area contributed by atoms with E-state index >= 15 is 0 Å². The molecule has 0 aliphatic carbocycles. The lowest BCUT2D eigenvalue weighted by Gasteiger charge is -2.04. The molecule has 136 valence electrons. The summed E-state index contributed by atoms with van der Waals surface area (Å²) in [6.07, 6.45) is 1.97. The molecule has 0 fully saturated rings. The zero-order valence-electron chi connectivity index (χ0n) is 14.6. The van der Waals surface area contributed by atoms with Gasteiger partial charge in [-0.15, -0.1) is 10.2 Å². The number of para-hydroxylation sites is 1. The van der Waals surface area contributed by atoms with Gasteiger partial charge < -0.3 is 10.1 Å². The predicted octanol–water partition coefficient (Wildman–Crippen LogP) is 4.77. The second kappa shape index (κ2) is 8.24. The van der Waals surface area contributed by atoms with Crippen molar-refractivity contribution in [1.29, 1.82) is 0 Å². The standard InChI is InChI=1S/C19H17N5OS2/c1-25-17-9-5-6-14(12-17)20-18-21-22-19(27-18)26-13-15-10-11-24(23-15)16-7-3-2-4-8-16/h2-12H,13H2,1H3,(H,20,21). The lowest BCUT2D eigenvalue weighted by Crippen LogP contribution is -1.94. The summed E-state index contributed by atoms with van der Waals surface area (Å²) in [5.41, 5.74) is 2.97. The molecule has 0 radical (unpaired) electrons. The van der Waals surface area contributed by atoms with Crippen LogP contribution in [0.3, 0.4) is 0 Å². The fourth-order valence-corrected chi connectivity index (χ4v) is 4.11. The summed E-state index contributed by atoms with van der Waals surface area (Å²) < 4.78 is 8.01. The zero-order valence-corrected chi connectivity index (χ0v) is 16.2. The number of ether oxygens (including phenoxy) is 1. The minimum absolute atomic E-state index is 0.744. The van der Waals surface area contributed by atoms with Crippen molar-refractivity contribution in [3.8, 4) is 11.4 Å².